The zero-order valence-corrected chi connectivity index (χ0v) is 9.05. The Morgan fingerprint density at radius 2 is 1.53 bits per heavy atom. The second-order valence-corrected chi connectivity index (χ2v) is 6.57. The van der Waals surface area contributed by atoms with Crippen molar-refractivity contribution in [1.82, 2.24) is 0 Å². The Morgan fingerprint density at radius 3 is 2.40 bits per heavy atom. The third-order valence-electron chi connectivity index (χ3n) is 6.42. The summed E-state index contributed by atoms with van der Waals surface area (Å²) < 4.78 is 0. The quantitative estimate of drug-likeness (QED) is 0.414. The number of rotatable bonds is 0. The molecular weight excluding hydrogens is 180 g/mol. The molecule has 3 saturated carbocycles. The normalized spacial score (nSPS) is 66.7. The lowest BCUT2D eigenvalue weighted by Gasteiger charge is -2.38. The van der Waals surface area contributed by atoms with Crippen LogP contribution in [0.25, 0.3) is 0 Å². The molecule has 0 spiro atoms. The van der Waals surface area contributed by atoms with Gasteiger partial charge in [-0.1, -0.05) is 24.3 Å². The SMILES string of the molecule is C1=C[C@@H]2[C@H](C1)[C@H]1C[C@@H]2[C@@H]2[C@H]1[C@@H]1C=C[C@H]2C1. The van der Waals surface area contributed by atoms with Gasteiger partial charge in [-0.15, -0.1) is 0 Å². The smallest absolute Gasteiger partial charge is 0.0168 e. The first-order valence-electron chi connectivity index (χ1n) is 6.78. The zero-order valence-electron chi connectivity index (χ0n) is 9.05. The van der Waals surface area contributed by atoms with Gasteiger partial charge in [-0.05, 0) is 66.6 Å². The van der Waals surface area contributed by atoms with Gasteiger partial charge >= 0.3 is 0 Å². The van der Waals surface area contributed by atoms with Gasteiger partial charge in [-0.2, -0.15) is 0 Å². The highest BCUT2D eigenvalue weighted by molar-refractivity contribution is 5.25. The van der Waals surface area contributed by atoms with Crippen LogP contribution in [-0.2, 0) is 0 Å². The Kier molecular flexibility index (Phi) is 1.16. The summed E-state index contributed by atoms with van der Waals surface area (Å²) in [5, 5.41) is 0. The molecule has 0 N–H and O–H groups in total. The van der Waals surface area contributed by atoms with Gasteiger partial charge in [0.25, 0.3) is 0 Å². The van der Waals surface area contributed by atoms with E-state index in [1.165, 1.54) is 12.8 Å². The molecule has 3 fully saturated rings. The molecule has 0 amide bonds. The summed E-state index contributed by atoms with van der Waals surface area (Å²) in [7, 11) is 0. The van der Waals surface area contributed by atoms with Crippen molar-refractivity contribution in [3.63, 3.8) is 0 Å². The Morgan fingerprint density at radius 1 is 0.733 bits per heavy atom. The number of hydrogen-bond acceptors (Lipinski definition) is 0. The van der Waals surface area contributed by atoms with Crippen molar-refractivity contribution in [2.75, 3.05) is 0 Å². The molecule has 5 aliphatic carbocycles. The molecule has 0 aromatic carbocycles. The van der Waals surface area contributed by atoms with E-state index in [-0.39, 0.29) is 0 Å². The third-order valence-corrected chi connectivity index (χ3v) is 6.42. The van der Waals surface area contributed by atoms with Crippen molar-refractivity contribution in [2.45, 2.75) is 19.3 Å². The lowest BCUT2D eigenvalue weighted by Crippen LogP contribution is -2.34. The van der Waals surface area contributed by atoms with E-state index in [2.05, 4.69) is 24.3 Å². The average Bonchev–Trinajstić information content (AvgIpc) is 3.03. The van der Waals surface area contributed by atoms with Gasteiger partial charge in [0.15, 0.2) is 0 Å². The molecule has 0 aromatic heterocycles. The largest absolute Gasteiger partial charge is 0.0879 e. The highest BCUT2D eigenvalue weighted by Crippen LogP contribution is 2.70. The Hall–Kier alpha value is -0.520. The molecule has 0 unspecified atom stereocenters. The van der Waals surface area contributed by atoms with Crippen LogP contribution in [0.5, 0.6) is 0 Å². The fourth-order valence-corrected chi connectivity index (χ4v) is 6.22. The van der Waals surface area contributed by atoms with Gasteiger partial charge in [0.1, 0.15) is 0 Å². The topological polar surface area (TPSA) is 0 Å². The molecule has 15 heavy (non-hydrogen) atoms. The van der Waals surface area contributed by atoms with Crippen LogP contribution in [-0.4, -0.2) is 0 Å². The summed E-state index contributed by atoms with van der Waals surface area (Å²) >= 11 is 0. The molecule has 0 aromatic rings. The molecule has 0 heterocycles. The highest BCUT2D eigenvalue weighted by atomic mass is 14.7. The molecule has 4 bridgehead atoms. The van der Waals surface area contributed by atoms with Crippen LogP contribution in [0.2, 0.25) is 0 Å². The molecule has 0 nitrogen and oxygen atoms in total. The number of hydrogen-bond donors (Lipinski definition) is 0. The molecule has 8 atom stereocenters. The van der Waals surface area contributed by atoms with Gasteiger partial charge < -0.3 is 0 Å². The van der Waals surface area contributed by atoms with E-state index < -0.39 is 0 Å². The van der Waals surface area contributed by atoms with Crippen molar-refractivity contribution >= 4 is 0 Å². The Labute approximate surface area is 91.4 Å². The molecule has 5 aliphatic rings. The van der Waals surface area contributed by atoms with Gasteiger partial charge in [-0.3, -0.25) is 0 Å². The minimum atomic E-state index is 0.991. The van der Waals surface area contributed by atoms with E-state index in [0.717, 1.165) is 47.3 Å². The summed E-state index contributed by atoms with van der Waals surface area (Å²) in [5.41, 5.74) is 0. The summed E-state index contributed by atoms with van der Waals surface area (Å²) in [6.45, 7) is 0. The van der Waals surface area contributed by atoms with Crippen LogP contribution < -0.4 is 0 Å². The van der Waals surface area contributed by atoms with E-state index in [1.54, 1.807) is 6.42 Å². The highest BCUT2D eigenvalue weighted by Gasteiger charge is 2.64. The zero-order chi connectivity index (χ0) is 9.57. The van der Waals surface area contributed by atoms with E-state index in [1.807, 2.05) is 0 Å². The van der Waals surface area contributed by atoms with Crippen LogP contribution in [0.15, 0.2) is 24.3 Å². The molecule has 0 heteroatoms. The lowest BCUT2D eigenvalue weighted by atomic mass is 9.66. The summed E-state index contributed by atoms with van der Waals surface area (Å²) in [6.07, 6.45) is 14.7. The first-order valence-corrected chi connectivity index (χ1v) is 6.78. The standard InChI is InChI=1S/C15H18/c1-2-10-11(3-1)13-7-12(10)14-8-4-5-9(6-8)15(13)14/h1-2,4-5,8-15H,3,6-7H2/t8-,9+,10+,11-,12-,13+,14+,15-/m0/s1. The third kappa shape index (κ3) is 0.697. The van der Waals surface area contributed by atoms with Gasteiger partial charge in [0, 0.05) is 0 Å². The van der Waals surface area contributed by atoms with E-state index in [4.69, 9.17) is 0 Å². The van der Waals surface area contributed by atoms with E-state index in [0.29, 0.717) is 0 Å². The lowest BCUT2D eigenvalue weighted by molar-refractivity contribution is 0.121. The van der Waals surface area contributed by atoms with E-state index >= 15 is 0 Å². The average molecular weight is 198 g/mol. The fourth-order valence-electron chi connectivity index (χ4n) is 6.22. The summed E-state index contributed by atoms with van der Waals surface area (Å²) in [6, 6.07) is 0. The van der Waals surface area contributed by atoms with Crippen LogP contribution in [0.4, 0.5) is 0 Å². The van der Waals surface area contributed by atoms with Gasteiger partial charge in [0.2, 0.25) is 0 Å². The molecule has 0 radical (unpaired) electrons. The molecule has 0 saturated heterocycles. The van der Waals surface area contributed by atoms with Crippen LogP contribution in [0.1, 0.15) is 19.3 Å². The van der Waals surface area contributed by atoms with Crippen LogP contribution >= 0.6 is 0 Å². The summed E-state index contributed by atoms with van der Waals surface area (Å²) in [4.78, 5) is 0. The molecule has 78 valence electrons. The fraction of sp³-hybridized carbons (Fsp3) is 0.733. The maximum atomic E-state index is 2.57. The predicted molar refractivity (Wildman–Crippen MR) is 60.1 cm³/mol. The number of allylic oxidation sites excluding steroid dienone is 4. The van der Waals surface area contributed by atoms with E-state index in [9.17, 15) is 0 Å². The monoisotopic (exact) mass is 198 g/mol. The molecule has 5 rings (SSSR count). The summed E-state index contributed by atoms with van der Waals surface area (Å²) in [5.74, 6) is 8.48. The second kappa shape index (κ2) is 2.26. The maximum absolute atomic E-state index is 2.57. The minimum Gasteiger partial charge on any atom is -0.0879 e. The van der Waals surface area contributed by atoms with Crippen molar-refractivity contribution in [1.29, 1.82) is 0 Å². The van der Waals surface area contributed by atoms with Crippen LogP contribution in [0, 0.1) is 47.3 Å². The first kappa shape index (κ1) is 7.70. The van der Waals surface area contributed by atoms with Gasteiger partial charge in [0.05, 0.1) is 0 Å². The Balaban J connectivity index is 1.63. The van der Waals surface area contributed by atoms with Crippen molar-refractivity contribution < 1.29 is 0 Å². The Bertz CT molecular complexity index is 377. The second-order valence-electron chi connectivity index (χ2n) is 6.57. The van der Waals surface area contributed by atoms with Crippen molar-refractivity contribution in [3.05, 3.63) is 24.3 Å². The minimum absolute atomic E-state index is 0.991. The van der Waals surface area contributed by atoms with Gasteiger partial charge in [-0.25, -0.2) is 0 Å². The van der Waals surface area contributed by atoms with Crippen LogP contribution in [0.3, 0.4) is 0 Å². The maximum Gasteiger partial charge on any atom is -0.0168 e. The molecule has 0 aliphatic heterocycles. The molecular formula is C15H18. The van der Waals surface area contributed by atoms with Crippen molar-refractivity contribution in [2.24, 2.45) is 47.3 Å². The number of fused-ring (bicyclic) bond motifs is 12. The first-order chi connectivity index (χ1) is 7.43. The van der Waals surface area contributed by atoms with Crippen molar-refractivity contribution in [3.8, 4) is 0 Å². The predicted octanol–water partition coefficient (Wildman–Crippen LogP) is 3.27.